The first kappa shape index (κ1) is 12.4. The molecule has 0 atom stereocenters. The monoisotopic (exact) mass is 232 g/mol. The smallest absolute Gasteiger partial charge is 0.378 e. The Kier molecular flexibility index (Phi) is 3.41. The normalized spacial score (nSPS) is 11.1. The van der Waals surface area contributed by atoms with Crippen LogP contribution in [0.25, 0.3) is 0 Å². The van der Waals surface area contributed by atoms with E-state index in [1.54, 1.807) is 36.4 Å². The quantitative estimate of drug-likeness (QED) is 0.848. The highest BCUT2D eigenvalue weighted by Gasteiger charge is 2.38. The predicted molar refractivity (Wildman–Crippen MR) is 55.5 cm³/mol. The highest BCUT2D eigenvalue weighted by molar-refractivity contribution is 5.95. The fraction of sp³-hybridized carbons (Fsp3) is 0.300. The first-order valence-corrected chi connectivity index (χ1v) is 4.46. The highest BCUT2D eigenvalue weighted by atomic mass is 19.4. The van der Waals surface area contributed by atoms with Crippen molar-refractivity contribution >= 4 is 17.3 Å². The van der Waals surface area contributed by atoms with Gasteiger partial charge < -0.3 is 10.2 Å². The predicted octanol–water partition coefficient (Wildman–Crippen LogP) is 2.25. The molecular formula is C10H11F3N2O. The molecule has 88 valence electrons. The summed E-state index contributed by atoms with van der Waals surface area (Å²) in [4.78, 5) is 12.4. The summed E-state index contributed by atoms with van der Waals surface area (Å²) < 4.78 is 35.9. The molecule has 6 heteroatoms. The van der Waals surface area contributed by atoms with Gasteiger partial charge in [-0.05, 0) is 18.2 Å². The number of amides is 1. The third-order valence-electron chi connectivity index (χ3n) is 1.88. The second-order valence-corrected chi connectivity index (χ2v) is 3.40. The topological polar surface area (TPSA) is 32.3 Å². The van der Waals surface area contributed by atoms with E-state index in [1.807, 2.05) is 0 Å². The largest absolute Gasteiger partial charge is 0.471 e. The third kappa shape index (κ3) is 3.15. The minimum atomic E-state index is -4.87. The van der Waals surface area contributed by atoms with Gasteiger partial charge in [0.1, 0.15) is 0 Å². The Morgan fingerprint density at radius 2 is 1.94 bits per heavy atom. The maximum absolute atomic E-state index is 12.0. The Bertz CT molecular complexity index is 388. The average Bonchev–Trinajstić information content (AvgIpc) is 2.16. The van der Waals surface area contributed by atoms with E-state index >= 15 is 0 Å². The van der Waals surface area contributed by atoms with Gasteiger partial charge in [-0.3, -0.25) is 4.79 Å². The molecule has 0 unspecified atom stereocenters. The van der Waals surface area contributed by atoms with Crippen LogP contribution >= 0.6 is 0 Å². The van der Waals surface area contributed by atoms with Crippen molar-refractivity contribution in [2.75, 3.05) is 24.3 Å². The number of halogens is 3. The molecule has 0 saturated heterocycles. The van der Waals surface area contributed by atoms with Crippen LogP contribution in [0, 0.1) is 0 Å². The number of carbonyl (C=O) groups excluding carboxylic acids is 1. The van der Waals surface area contributed by atoms with Crippen LogP contribution in [0.4, 0.5) is 24.5 Å². The number of nitrogens with zero attached hydrogens (tertiary/aromatic N) is 1. The molecule has 0 aromatic heterocycles. The minimum Gasteiger partial charge on any atom is -0.378 e. The molecule has 0 aliphatic carbocycles. The Hall–Kier alpha value is -1.72. The Morgan fingerprint density at radius 1 is 1.31 bits per heavy atom. The lowest BCUT2D eigenvalue weighted by Crippen LogP contribution is -2.29. The Labute approximate surface area is 90.9 Å². The van der Waals surface area contributed by atoms with E-state index in [0.717, 1.165) is 0 Å². The zero-order valence-electron chi connectivity index (χ0n) is 8.80. The molecule has 1 aromatic carbocycles. The SMILES string of the molecule is CN(C)c1cccc(NC(=O)C(F)(F)F)c1. The molecule has 1 rings (SSSR count). The molecular weight excluding hydrogens is 221 g/mol. The van der Waals surface area contributed by atoms with Crippen molar-refractivity contribution in [2.45, 2.75) is 6.18 Å². The third-order valence-corrected chi connectivity index (χ3v) is 1.88. The van der Waals surface area contributed by atoms with Gasteiger partial charge in [0.05, 0.1) is 0 Å². The first-order chi connectivity index (χ1) is 7.30. The van der Waals surface area contributed by atoms with Crippen molar-refractivity contribution in [1.82, 2.24) is 0 Å². The van der Waals surface area contributed by atoms with Gasteiger partial charge in [-0.2, -0.15) is 13.2 Å². The number of alkyl halides is 3. The number of nitrogens with one attached hydrogen (secondary N) is 1. The lowest BCUT2D eigenvalue weighted by molar-refractivity contribution is -0.167. The van der Waals surface area contributed by atoms with Crippen molar-refractivity contribution in [3.05, 3.63) is 24.3 Å². The number of anilines is 2. The van der Waals surface area contributed by atoms with Gasteiger partial charge in [-0.1, -0.05) is 6.07 Å². The van der Waals surface area contributed by atoms with Crippen LogP contribution < -0.4 is 10.2 Å². The summed E-state index contributed by atoms with van der Waals surface area (Å²) in [6.07, 6.45) is -4.87. The molecule has 16 heavy (non-hydrogen) atoms. The number of hydrogen-bond acceptors (Lipinski definition) is 2. The summed E-state index contributed by atoms with van der Waals surface area (Å²) in [6.45, 7) is 0. The van der Waals surface area contributed by atoms with E-state index in [-0.39, 0.29) is 5.69 Å². The van der Waals surface area contributed by atoms with Crippen molar-refractivity contribution in [2.24, 2.45) is 0 Å². The average molecular weight is 232 g/mol. The van der Waals surface area contributed by atoms with E-state index in [0.29, 0.717) is 5.69 Å². The zero-order valence-corrected chi connectivity index (χ0v) is 8.80. The molecule has 0 heterocycles. The standard InChI is InChI=1S/C10H11F3N2O/c1-15(2)8-5-3-4-7(6-8)14-9(16)10(11,12)13/h3-6H,1-2H3,(H,14,16). The van der Waals surface area contributed by atoms with Crippen LogP contribution in [0.1, 0.15) is 0 Å². The first-order valence-electron chi connectivity index (χ1n) is 4.46. The lowest BCUT2D eigenvalue weighted by atomic mass is 10.2. The summed E-state index contributed by atoms with van der Waals surface area (Å²) >= 11 is 0. The summed E-state index contributed by atoms with van der Waals surface area (Å²) in [5, 5.41) is 1.79. The Balaban J connectivity index is 2.83. The maximum atomic E-state index is 12.0. The molecule has 0 spiro atoms. The molecule has 3 nitrogen and oxygen atoms in total. The molecule has 0 saturated carbocycles. The number of hydrogen-bond donors (Lipinski definition) is 1. The van der Waals surface area contributed by atoms with Gasteiger partial charge >= 0.3 is 12.1 Å². The highest BCUT2D eigenvalue weighted by Crippen LogP contribution is 2.21. The van der Waals surface area contributed by atoms with E-state index in [1.165, 1.54) is 12.1 Å². The summed E-state index contributed by atoms with van der Waals surface area (Å²) in [5.41, 5.74) is 0.827. The minimum absolute atomic E-state index is 0.119. The van der Waals surface area contributed by atoms with E-state index in [2.05, 4.69) is 0 Å². The molecule has 1 amide bonds. The number of rotatable bonds is 2. The zero-order chi connectivity index (χ0) is 12.3. The molecule has 1 aromatic rings. The van der Waals surface area contributed by atoms with Crippen LogP contribution in [0.15, 0.2) is 24.3 Å². The van der Waals surface area contributed by atoms with E-state index in [4.69, 9.17) is 0 Å². The van der Waals surface area contributed by atoms with Crippen LogP contribution in [-0.4, -0.2) is 26.2 Å². The van der Waals surface area contributed by atoms with Crippen LogP contribution in [-0.2, 0) is 4.79 Å². The van der Waals surface area contributed by atoms with Crippen molar-refractivity contribution < 1.29 is 18.0 Å². The number of carbonyl (C=O) groups is 1. The van der Waals surface area contributed by atoms with Gasteiger partial charge in [0.25, 0.3) is 0 Å². The second-order valence-electron chi connectivity index (χ2n) is 3.40. The van der Waals surface area contributed by atoms with Crippen molar-refractivity contribution in [3.8, 4) is 0 Å². The van der Waals surface area contributed by atoms with Crippen LogP contribution in [0.3, 0.4) is 0 Å². The fourth-order valence-electron chi connectivity index (χ4n) is 1.06. The molecule has 0 bridgehead atoms. The summed E-state index contributed by atoms with van der Waals surface area (Å²) in [7, 11) is 3.51. The fourth-order valence-corrected chi connectivity index (χ4v) is 1.06. The molecule has 1 N–H and O–H groups in total. The number of benzene rings is 1. The Morgan fingerprint density at radius 3 is 2.44 bits per heavy atom. The van der Waals surface area contributed by atoms with Gasteiger partial charge in [0, 0.05) is 25.5 Å². The van der Waals surface area contributed by atoms with Gasteiger partial charge in [0.2, 0.25) is 0 Å². The van der Waals surface area contributed by atoms with Crippen molar-refractivity contribution in [1.29, 1.82) is 0 Å². The summed E-state index contributed by atoms with van der Waals surface area (Å²) in [6, 6.07) is 6.16. The second kappa shape index (κ2) is 4.42. The van der Waals surface area contributed by atoms with E-state index < -0.39 is 12.1 Å². The van der Waals surface area contributed by atoms with Crippen molar-refractivity contribution in [3.63, 3.8) is 0 Å². The van der Waals surface area contributed by atoms with Gasteiger partial charge in [0.15, 0.2) is 0 Å². The molecule has 0 radical (unpaired) electrons. The van der Waals surface area contributed by atoms with Crippen LogP contribution in [0.5, 0.6) is 0 Å². The van der Waals surface area contributed by atoms with Crippen LogP contribution in [0.2, 0.25) is 0 Å². The molecule has 0 fully saturated rings. The lowest BCUT2D eigenvalue weighted by Gasteiger charge is -2.14. The van der Waals surface area contributed by atoms with E-state index in [9.17, 15) is 18.0 Å². The summed E-state index contributed by atoms with van der Waals surface area (Å²) in [5.74, 6) is -1.97. The maximum Gasteiger partial charge on any atom is 0.471 e. The molecule has 0 aliphatic rings. The molecule has 0 aliphatic heterocycles. The van der Waals surface area contributed by atoms with Gasteiger partial charge in [-0.25, -0.2) is 0 Å². The van der Waals surface area contributed by atoms with Gasteiger partial charge in [-0.15, -0.1) is 0 Å².